The minimum Gasteiger partial charge on any atom is -0.356 e. The zero-order valence-corrected chi connectivity index (χ0v) is 15.7. The average molecular weight is 392 g/mol. The zero-order valence-electron chi connectivity index (χ0n) is 14.9. The molecular weight excluding hydrogens is 371 g/mol. The van der Waals surface area contributed by atoms with E-state index in [0.717, 1.165) is 5.56 Å². The highest BCUT2D eigenvalue weighted by molar-refractivity contribution is 7.89. The summed E-state index contributed by atoms with van der Waals surface area (Å²) in [6.45, 7) is 1.61. The summed E-state index contributed by atoms with van der Waals surface area (Å²) in [7, 11) is -3.80. The number of hydrogen-bond donors (Lipinski definition) is 2. The van der Waals surface area contributed by atoms with Gasteiger partial charge in [0.2, 0.25) is 15.9 Å². The molecule has 0 aromatic heterocycles. The van der Waals surface area contributed by atoms with Crippen molar-refractivity contribution in [2.45, 2.75) is 24.7 Å². The third-order valence-corrected chi connectivity index (χ3v) is 5.28. The fourth-order valence-electron chi connectivity index (χ4n) is 2.39. The van der Waals surface area contributed by atoms with Gasteiger partial charge in [0.05, 0.1) is 4.90 Å². The van der Waals surface area contributed by atoms with Crippen molar-refractivity contribution in [1.29, 1.82) is 0 Å². The third kappa shape index (κ3) is 6.58. The second-order valence-corrected chi connectivity index (χ2v) is 7.73. The summed E-state index contributed by atoms with van der Waals surface area (Å²) >= 11 is 0. The Labute approximate surface area is 157 Å². The molecule has 2 aromatic rings. The van der Waals surface area contributed by atoms with Crippen LogP contribution in [0.25, 0.3) is 0 Å². The van der Waals surface area contributed by atoms with Crippen molar-refractivity contribution in [3.05, 3.63) is 65.5 Å². The minimum absolute atomic E-state index is 0.0262. The van der Waals surface area contributed by atoms with Crippen molar-refractivity contribution in [2.24, 2.45) is 0 Å². The lowest BCUT2D eigenvalue weighted by atomic mass is 10.1. The molecule has 0 unspecified atom stereocenters. The van der Waals surface area contributed by atoms with Gasteiger partial charge >= 0.3 is 0 Å². The van der Waals surface area contributed by atoms with Crippen molar-refractivity contribution in [2.75, 3.05) is 13.1 Å². The number of nitrogens with one attached hydrogen (secondary N) is 2. The molecule has 0 aliphatic carbocycles. The van der Waals surface area contributed by atoms with Crippen LogP contribution >= 0.6 is 0 Å². The van der Waals surface area contributed by atoms with Crippen LogP contribution in [0, 0.1) is 5.82 Å². The highest BCUT2D eigenvalue weighted by Crippen LogP contribution is 2.12. The zero-order chi connectivity index (χ0) is 19.9. The number of benzene rings is 2. The number of halogens is 1. The Morgan fingerprint density at radius 2 is 1.78 bits per heavy atom. The van der Waals surface area contributed by atoms with Gasteiger partial charge in [-0.25, -0.2) is 17.5 Å². The van der Waals surface area contributed by atoms with Gasteiger partial charge in [0.1, 0.15) is 5.82 Å². The Bertz CT molecular complexity index is 929. The predicted molar refractivity (Wildman–Crippen MR) is 99.4 cm³/mol. The summed E-state index contributed by atoms with van der Waals surface area (Å²) < 4.78 is 39.9. The molecule has 0 saturated heterocycles. The Balaban J connectivity index is 1.78. The molecule has 6 nitrogen and oxygen atoms in total. The van der Waals surface area contributed by atoms with Crippen LogP contribution in [0.4, 0.5) is 4.39 Å². The number of amides is 1. The highest BCUT2D eigenvalue weighted by Gasteiger charge is 2.15. The molecular formula is C19H21FN2O4S. The van der Waals surface area contributed by atoms with Crippen LogP contribution in [0.2, 0.25) is 0 Å². The Hall–Kier alpha value is -2.58. The van der Waals surface area contributed by atoms with Crippen molar-refractivity contribution >= 4 is 21.7 Å². The van der Waals surface area contributed by atoms with E-state index in [4.69, 9.17) is 0 Å². The normalized spacial score (nSPS) is 11.2. The van der Waals surface area contributed by atoms with Crippen molar-refractivity contribution in [3.8, 4) is 0 Å². The summed E-state index contributed by atoms with van der Waals surface area (Å²) in [6, 6.07) is 11.8. The average Bonchev–Trinajstić information content (AvgIpc) is 2.62. The van der Waals surface area contributed by atoms with Gasteiger partial charge in [-0.1, -0.05) is 24.3 Å². The lowest BCUT2D eigenvalue weighted by molar-refractivity contribution is -0.120. The maximum Gasteiger partial charge on any atom is 0.240 e. The quantitative estimate of drug-likeness (QED) is 0.639. The Kier molecular flexibility index (Phi) is 7.20. The van der Waals surface area contributed by atoms with Crippen LogP contribution in [-0.2, 0) is 21.2 Å². The Morgan fingerprint density at radius 1 is 1.04 bits per heavy atom. The van der Waals surface area contributed by atoms with Gasteiger partial charge in [-0.05, 0) is 43.2 Å². The SMILES string of the molecule is CC(=O)c1cccc(S(=O)(=O)NCCC(=O)NCCc2cccc(F)c2)c1. The van der Waals surface area contributed by atoms with E-state index >= 15 is 0 Å². The summed E-state index contributed by atoms with van der Waals surface area (Å²) in [5.41, 5.74) is 1.06. The largest absolute Gasteiger partial charge is 0.356 e. The lowest BCUT2D eigenvalue weighted by Gasteiger charge is -2.08. The number of ketones is 1. The van der Waals surface area contributed by atoms with E-state index in [1.807, 2.05) is 0 Å². The molecule has 144 valence electrons. The molecule has 0 heterocycles. The molecule has 0 bridgehead atoms. The van der Waals surface area contributed by atoms with Crippen molar-refractivity contribution in [3.63, 3.8) is 0 Å². The first-order chi connectivity index (χ1) is 12.8. The molecule has 8 heteroatoms. The second-order valence-electron chi connectivity index (χ2n) is 5.96. The number of hydrogen-bond acceptors (Lipinski definition) is 4. The van der Waals surface area contributed by atoms with E-state index in [9.17, 15) is 22.4 Å². The molecule has 2 N–H and O–H groups in total. The maximum absolute atomic E-state index is 13.1. The molecule has 0 aliphatic rings. The first-order valence-electron chi connectivity index (χ1n) is 8.40. The first kappa shape index (κ1) is 20.7. The maximum atomic E-state index is 13.1. The molecule has 0 aliphatic heterocycles. The molecule has 2 rings (SSSR count). The van der Waals surface area contributed by atoms with E-state index in [2.05, 4.69) is 10.0 Å². The topological polar surface area (TPSA) is 92.3 Å². The van der Waals surface area contributed by atoms with E-state index in [0.29, 0.717) is 18.5 Å². The van der Waals surface area contributed by atoms with Gasteiger partial charge < -0.3 is 5.32 Å². The van der Waals surface area contributed by atoms with E-state index in [1.165, 1.54) is 43.3 Å². The van der Waals surface area contributed by atoms with E-state index < -0.39 is 10.0 Å². The molecule has 2 aromatic carbocycles. The first-order valence-corrected chi connectivity index (χ1v) is 9.88. The summed E-state index contributed by atoms with van der Waals surface area (Å²) in [6.07, 6.45) is 0.446. The predicted octanol–water partition coefficient (Wildman–Crippen LogP) is 2.06. The number of sulfonamides is 1. The summed E-state index contributed by atoms with van der Waals surface area (Å²) in [5, 5.41) is 2.66. The Morgan fingerprint density at radius 3 is 2.48 bits per heavy atom. The number of carbonyl (C=O) groups excluding carboxylic acids is 2. The molecule has 0 fully saturated rings. The molecule has 1 amide bonds. The number of carbonyl (C=O) groups is 2. The molecule has 0 spiro atoms. The standard InChI is InChI=1S/C19H21FN2O4S/c1-14(23)16-5-3-7-18(13-16)27(25,26)22-11-9-19(24)21-10-8-15-4-2-6-17(20)12-15/h2-7,12-13,22H,8-11H2,1H3,(H,21,24). The second kappa shape index (κ2) is 9.38. The van der Waals surface area contributed by atoms with Crippen LogP contribution < -0.4 is 10.0 Å². The van der Waals surface area contributed by atoms with E-state index in [1.54, 1.807) is 12.1 Å². The monoisotopic (exact) mass is 392 g/mol. The third-order valence-electron chi connectivity index (χ3n) is 3.82. The van der Waals surface area contributed by atoms with Gasteiger partial charge in [-0.15, -0.1) is 0 Å². The van der Waals surface area contributed by atoms with Gasteiger partial charge in [0.15, 0.2) is 5.78 Å². The molecule has 0 atom stereocenters. The molecule has 0 radical (unpaired) electrons. The number of rotatable bonds is 9. The smallest absolute Gasteiger partial charge is 0.240 e. The highest BCUT2D eigenvalue weighted by atomic mass is 32.2. The molecule has 27 heavy (non-hydrogen) atoms. The van der Waals surface area contributed by atoms with Gasteiger partial charge in [0, 0.05) is 25.1 Å². The summed E-state index contributed by atoms with van der Waals surface area (Å²) in [5.74, 6) is -0.876. The molecule has 0 saturated carbocycles. The van der Waals surface area contributed by atoms with Crippen LogP contribution in [0.15, 0.2) is 53.4 Å². The van der Waals surface area contributed by atoms with Crippen molar-refractivity contribution in [1.82, 2.24) is 10.0 Å². The van der Waals surface area contributed by atoms with Gasteiger partial charge in [0.25, 0.3) is 0 Å². The van der Waals surface area contributed by atoms with Crippen molar-refractivity contribution < 1.29 is 22.4 Å². The van der Waals surface area contributed by atoms with Crippen LogP contribution in [0.5, 0.6) is 0 Å². The van der Waals surface area contributed by atoms with Crippen LogP contribution in [-0.4, -0.2) is 33.2 Å². The van der Waals surface area contributed by atoms with E-state index in [-0.39, 0.29) is 35.4 Å². The summed E-state index contributed by atoms with van der Waals surface area (Å²) in [4.78, 5) is 23.1. The fraction of sp³-hybridized carbons (Fsp3) is 0.263. The number of Topliss-reactive ketones (excluding diaryl/α,β-unsaturated/α-hetero) is 1. The minimum atomic E-state index is -3.80. The lowest BCUT2D eigenvalue weighted by Crippen LogP contribution is -2.31. The van der Waals surface area contributed by atoms with Gasteiger partial charge in [-0.2, -0.15) is 0 Å². The van der Waals surface area contributed by atoms with Crippen LogP contribution in [0.1, 0.15) is 29.3 Å². The van der Waals surface area contributed by atoms with Gasteiger partial charge in [-0.3, -0.25) is 9.59 Å². The van der Waals surface area contributed by atoms with Crippen LogP contribution in [0.3, 0.4) is 0 Å². The fourth-order valence-corrected chi connectivity index (χ4v) is 3.47.